The molecule has 182 valence electrons. The van der Waals surface area contributed by atoms with Crippen LogP contribution in [0.3, 0.4) is 0 Å². The minimum Gasteiger partial charge on any atom is -0.493 e. The van der Waals surface area contributed by atoms with Gasteiger partial charge in [-0.25, -0.2) is 0 Å². The number of pyridine rings is 1. The largest absolute Gasteiger partial charge is 0.493 e. The van der Waals surface area contributed by atoms with E-state index in [1.807, 2.05) is 42.5 Å². The molecule has 0 spiro atoms. The zero-order valence-electron chi connectivity index (χ0n) is 20.8. The quantitative estimate of drug-likeness (QED) is 0.319. The second-order valence-electron chi connectivity index (χ2n) is 8.28. The molecule has 1 aliphatic rings. The van der Waals surface area contributed by atoms with Crippen molar-refractivity contribution in [3.63, 3.8) is 0 Å². The van der Waals surface area contributed by atoms with Gasteiger partial charge in [0.15, 0.2) is 11.5 Å². The van der Waals surface area contributed by atoms with Crippen molar-refractivity contribution in [2.45, 2.75) is 26.7 Å². The van der Waals surface area contributed by atoms with E-state index in [0.717, 1.165) is 40.9 Å². The number of hydrogen-bond donors (Lipinski definition) is 1. The van der Waals surface area contributed by atoms with Gasteiger partial charge in [0.2, 0.25) is 0 Å². The minimum atomic E-state index is 0.586. The summed E-state index contributed by atoms with van der Waals surface area (Å²) in [6.07, 6.45) is 10.2. The van der Waals surface area contributed by atoms with Gasteiger partial charge in [0.25, 0.3) is 0 Å². The number of aromatic nitrogens is 1. The van der Waals surface area contributed by atoms with Gasteiger partial charge < -0.3 is 24.3 Å². The Labute approximate surface area is 206 Å². The molecule has 0 unspecified atom stereocenters. The van der Waals surface area contributed by atoms with Crippen molar-refractivity contribution in [2.75, 3.05) is 32.7 Å². The summed E-state index contributed by atoms with van der Waals surface area (Å²) in [7, 11) is 3.22. The van der Waals surface area contributed by atoms with Crippen LogP contribution < -0.4 is 19.5 Å². The molecule has 0 atom stereocenters. The molecule has 1 heterocycles. The molecule has 0 bridgehead atoms. The second-order valence-corrected chi connectivity index (χ2v) is 8.28. The molecular formula is C29H32N2O4. The molecule has 6 heteroatoms. The zero-order valence-corrected chi connectivity index (χ0v) is 20.8. The summed E-state index contributed by atoms with van der Waals surface area (Å²) >= 11 is 0. The summed E-state index contributed by atoms with van der Waals surface area (Å²) in [6, 6.07) is 13.4. The SMILES string of the molecule is CCC1=C(OCCNc2ccc(Oc3ccnc4cc(OC)c(OC)cc34)cc2)C=C(C)CC=C1. The molecule has 0 fully saturated rings. The number of nitrogens with one attached hydrogen (secondary N) is 1. The number of rotatable bonds is 10. The number of fused-ring (bicyclic) bond motifs is 1. The molecule has 0 radical (unpaired) electrons. The number of hydrogen-bond acceptors (Lipinski definition) is 6. The number of ether oxygens (including phenoxy) is 4. The molecule has 0 amide bonds. The minimum absolute atomic E-state index is 0.586. The average molecular weight is 473 g/mol. The highest BCUT2D eigenvalue weighted by Crippen LogP contribution is 2.37. The first kappa shape index (κ1) is 24.2. The number of benzene rings is 2. The zero-order chi connectivity index (χ0) is 24.6. The fourth-order valence-electron chi connectivity index (χ4n) is 3.93. The van der Waals surface area contributed by atoms with Crippen LogP contribution in [0.25, 0.3) is 10.9 Å². The van der Waals surface area contributed by atoms with Gasteiger partial charge >= 0.3 is 0 Å². The van der Waals surface area contributed by atoms with Crippen LogP contribution in [0, 0.1) is 0 Å². The van der Waals surface area contributed by atoms with Crippen LogP contribution in [0.5, 0.6) is 23.0 Å². The third-order valence-corrected chi connectivity index (χ3v) is 5.81. The van der Waals surface area contributed by atoms with Crippen molar-refractivity contribution in [1.29, 1.82) is 0 Å². The lowest BCUT2D eigenvalue weighted by Crippen LogP contribution is -2.09. The molecule has 0 aliphatic heterocycles. The Hall–Kier alpha value is -3.93. The molecule has 1 N–H and O–H groups in total. The molecule has 1 aliphatic carbocycles. The Morgan fingerprint density at radius 2 is 1.74 bits per heavy atom. The van der Waals surface area contributed by atoms with Crippen LogP contribution in [0.15, 0.2) is 83.8 Å². The van der Waals surface area contributed by atoms with Crippen molar-refractivity contribution in [3.8, 4) is 23.0 Å². The van der Waals surface area contributed by atoms with E-state index in [2.05, 4.69) is 42.4 Å². The van der Waals surface area contributed by atoms with E-state index in [1.165, 1.54) is 11.1 Å². The Morgan fingerprint density at radius 3 is 2.49 bits per heavy atom. The summed E-state index contributed by atoms with van der Waals surface area (Å²) in [5, 5.41) is 4.26. The number of methoxy groups -OCH3 is 2. The first-order chi connectivity index (χ1) is 17.1. The smallest absolute Gasteiger partial charge is 0.162 e. The fraction of sp³-hybridized carbons (Fsp3) is 0.276. The molecule has 2 aromatic carbocycles. The normalized spacial score (nSPS) is 13.3. The topological polar surface area (TPSA) is 61.8 Å². The molecule has 6 nitrogen and oxygen atoms in total. The lowest BCUT2D eigenvalue weighted by atomic mass is 10.1. The Bertz CT molecular complexity index is 1260. The van der Waals surface area contributed by atoms with Crippen molar-refractivity contribution in [1.82, 2.24) is 4.98 Å². The van der Waals surface area contributed by atoms with E-state index < -0.39 is 0 Å². The maximum atomic E-state index is 6.16. The molecule has 35 heavy (non-hydrogen) atoms. The van der Waals surface area contributed by atoms with E-state index in [-0.39, 0.29) is 0 Å². The van der Waals surface area contributed by atoms with Crippen molar-refractivity contribution >= 4 is 16.6 Å². The monoisotopic (exact) mass is 472 g/mol. The molecule has 0 saturated heterocycles. The van der Waals surface area contributed by atoms with Crippen LogP contribution in [0.2, 0.25) is 0 Å². The van der Waals surface area contributed by atoms with Crippen molar-refractivity contribution < 1.29 is 18.9 Å². The van der Waals surface area contributed by atoms with Gasteiger partial charge in [-0.1, -0.05) is 24.6 Å². The van der Waals surface area contributed by atoms with Gasteiger partial charge in [-0.3, -0.25) is 4.98 Å². The Morgan fingerprint density at radius 1 is 0.971 bits per heavy atom. The van der Waals surface area contributed by atoms with Gasteiger partial charge in [0.05, 0.1) is 19.7 Å². The van der Waals surface area contributed by atoms with E-state index in [4.69, 9.17) is 18.9 Å². The lowest BCUT2D eigenvalue weighted by Gasteiger charge is -2.13. The van der Waals surface area contributed by atoms with E-state index in [1.54, 1.807) is 20.4 Å². The Kier molecular flexibility index (Phi) is 7.93. The molecule has 3 aromatic rings. The van der Waals surface area contributed by atoms with Crippen LogP contribution in [-0.2, 0) is 4.74 Å². The fourth-order valence-corrected chi connectivity index (χ4v) is 3.93. The maximum absolute atomic E-state index is 6.16. The summed E-state index contributed by atoms with van der Waals surface area (Å²) in [5.41, 5.74) is 4.32. The first-order valence-electron chi connectivity index (χ1n) is 11.8. The Balaban J connectivity index is 1.37. The molecule has 0 saturated carbocycles. The highest BCUT2D eigenvalue weighted by Gasteiger charge is 2.11. The standard InChI is InChI=1S/C29H32N2O4/c1-5-21-8-6-7-20(2)17-27(21)34-16-15-30-22-9-11-23(12-10-22)35-26-13-14-31-25-19-29(33-4)28(32-3)18-24(25)26/h6,8-14,17-19,30H,5,7,15-16H2,1-4H3. The highest BCUT2D eigenvalue weighted by atomic mass is 16.5. The molecular weight excluding hydrogens is 440 g/mol. The van der Waals surface area contributed by atoms with Crippen LogP contribution in [0.4, 0.5) is 5.69 Å². The average Bonchev–Trinajstić information content (AvgIpc) is 3.07. The highest BCUT2D eigenvalue weighted by molar-refractivity contribution is 5.88. The maximum Gasteiger partial charge on any atom is 0.162 e. The van der Waals surface area contributed by atoms with Crippen LogP contribution in [0.1, 0.15) is 26.7 Å². The van der Waals surface area contributed by atoms with Gasteiger partial charge in [0.1, 0.15) is 23.9 Å². The summed E-state index contributed by atoms with van der Waals surface area (Å²) in [6.45, 7) is 5.58. The predicted molar refractivity (Wildman–Crippen MR) is 141 cm³/mol. The van der Waals surface area contributed by atoms with Crippen LogP contribution >= 0.6 is 0 Å². The lowest BCUT2D eigenvalue weighted by molar-refractivity contribution is 0.233. The summed E-state index contributed by atoms with van der Waals surface area (Å²) < 4.78 is 23.1. The second kappa shape index (κ2) is 11.5. The number of anilines is 1. The first-order valence-corrected chi connectivity index (χ1v) is 11.8. The molecule has 1 aromatic heterocycles. The number of nitrogens with zero attached hydrogens (tertiary/aromatic N) is 1. The van der Waals surface area contributed by atoms with Gasteiger partial charge in [0, 0.05) is 29.9 Å². The summed E-state index contributed by atoms with van der Waals surface area (Å²) in [5.74, 6) is 3.67. The predicted octanol–water partition coefficient (Wildman–Crippen LogP) is 7.04. The summed E-state index contributed by atoms with van der Waals surface area (Å²) in [4.78, 5) is 4.43. The molecule has 4 rings (SSSR count). The van der Waals surface area contributed by atoms with E-state index in [9.17, 15) is 0 Å². The van der Waals surface area contributed by atoms with E-state index in [0.29, 0.717) is 30.4 Å². The van der Waals surface area contributed by atoms with Gasteiger partial charge in [-0.15, -0.1) is 0 Å². The van der Waals surface area contributed by atoms with Gasteiger partial charge in [-0.05, 0) is 67.8 Å². The van der Waals surface area contributed by atoms with Crippen molar-refractivity contribution in [3.05, 3.63) is 83.8 Å². The number of allylic oxidation sites excluding steroid dienone is 5. The third-order valence-electron chi connectivity index (χ3n) is 5.81. The van der Waals surface area contributed by atoms with Gasteiger partial charge in [-0.2, -0.15) is 0 Å². The van der Waals surface area contributed by atoms with Crippen molar-refractivity contribution in [2.24, 2.45) is 0 Å². The third kappa shape index (κ3) is 5.96. The van der Waals surface area contributed by atoms with Crippen LogP contribution in [-0.4, -0.2) is 32.4 Å². The van der Waals surface area contributed by atoms with E-state index >= 15 is 0 Å².